The fraction of sp³-hybridized carbons (Fsp3) is 0.538. The van der Waals surface area contributed by atoms with Crippen LogP contribution in [-0.2, 0) is 4.74 Å². The predicted octanol–water partition coefficient (Wildman–Crippen LogP) is 3.32. The summed E-state index contributed by atoms with van der Waals surface area (Å²) in [7, 11) is 0. The highest BCUT2D eigenvalue weighted by atomic mass is 79.9. The average molecular weight is 338 g/mol. The van der Waals surface area contributed by atoms with E-state index in [1.54, 1.807) is 0 Å². The van der Waals surface area contributed by atoms with Gasteiger partial charge in [0.1, 0.15) is 11.6 Å². The number of aliphatic hydroxyl groups is 1. The quantitative estimate of drug-likeness (QED) is 0.810. The molecular formula is C13H18BrF2NO2. The van der Waals surface area contributed by atoms with Gasteiger partial charge in [-0.15, -0.1) is 0 Å². The summed E-state index contributed by atoms with van der Waals surface area (Å²) < 4.78 is 32.0. The van der Waals surface area contributed by atoms with E-state index >= 15 is 0 Å². The van der Waals surface area contributed by atoms with Crippen LogP contribution in [0.2, 0.25) is 0 Å². The van der Waals surface area contributed by atoms with Crippen LogP contribution in [0.15, 0.2) is 16.6 Å². The lowest BCUT2D eigenvalue weighted by Gasteiger charge is -2.22. The van der Waals surface area contributed by atoms with Gasteiger partial charge in [0.2, 0.25) is 0 Å². The zero-order valence-electron chi connectivity index (χ0n) is 11.1. The van der Waals surface area contributed by atoms with Gasteiger partial charge in [-0.1, -0.05) is 0 Å². The van der Waals surface area contributed by atoms with E-state index in [1.807, 2.05) is 20.8 Å². The van der Waals surface area contributed by atoms with Crippen LogP contribution in [0, 0.1) is 11.6 Å². The Bertz CT molecular complexity index is 435. The molecular weight excluding hydrogens is 320 g/mol. The molecule has 0 radical (unpaired) electrons. The Labute approximate surface area is 120 Å². The number of rotatable bonds is 5. The van der Waals surface area contributed by atoms with Gasteiger partial charge in [0.05, 0.1) is 28.5 Å². The number of benzene rings is 1. The van der Waals surface area contributed by atoms with E-state index < -0.39 is 17.7 Å². The van der Waals surface area contributed by atoms with E-state index in [2.05, 4.69) is 21.2 Å². The van der Waals surface area contributed by atoms with Crippen molar-refractivity contribution in [1.82, 2.24) is 0 Å². The molecule has 0 spiro atoms. The van der Waals surface area contributed by atoms with Crippen LogP contribution >= 0.6 is 15.9 Å². The highest BCUT2D eigenvalue weighted by Crippen LogP contribution is 2.23. The number of aliphatic hydroxyl groups excluding tert-OH is 1. The van der Waals surface area contributed by atoms with Crippen molar-refractivity contribution in [2.45, 2.75) is 32.5 Å². The first-order chi connectivity index (χ1) is 8.69. The van der Waals surface area contributed by atoms with Crippen LogP contribution in [-0.4, -0.2) is 30.0 Å². The molecule has 1 aromatic carbocycles. The highest BCUT2D eigenvalue weighted by Gasteiger charge is 2.14. The summed E-state index contributed by atoms with van der Waals surface area (Å²) in [6.45, 7) is 5.89. The first kappa shape index (κ1) is 16.3. The maximum Gasteiger partial charge on any atom is 0.149 e. The summed E-state index contributed by atoms with van der Waals surface area (Å²) in [5, 5.41) is 12.4. The summed E-state index contributed by atoms with van der Waals surface area (Å²) in [5.74, 6) is -1.37. The molecule has 6 heteroatoms. The van der Waals surface area contributed by atoms with Gasteiger partial charge in [0, 0.05) is 12.6 Å². The maximum atomic E-state index is 13.4. The van der Waals surface area contributed by atoms with E-state index in [0.29, 0.717) is 0 Å². The van der Waals surface area contributed by atoms with E-state index in [1.165, 1.54) is 6.07 Å². The van der Waals surface area contributed by atoms with E-state index in [-0.39, 0.29) is 28.9 Å². The van der Waals surface area contributed by atoms with Crippen LogP contribution in [0.1, 0.15) is 20.8 Å². The molecule has 1 rings (SSSR count). The zero-order chi connectivity index (χ0) is 14.6. The molecule has 1 atom stereocenters. The molecule has 0 heterocycles. The topological polar surface area (TPSA) is 41.5 Å². The fourth-order valence-electron chi connectivity index (χ4n) is 1.29. The Hall–Kier alpha value is -0.720. The van der Waals surface area contributed by atoms with Gasteiger partial charge in [-0.2, -0.15) is 0 Å². The summed E-state index contributed by atoms with van der Waals surface area (Å²) >= 11 is 2.98. The Morgan fingerprint density at radius 1 is 1.32 bits per heavy atom. The van der Waals surface area contributed by atoms with Crippen LogP contribution in [0.4, 0.5) is 14.5 Å². The molecule has 1 aromatic rings. The first-order valence-corrected chi connectivity index (χ1v) is 6.69. The van der Waals surface area contributed by atoms with Gasteiger partial charge in [0.25, 0.3) is 0 Å². The number of halogens is 3. The minimum absolute atomic E-state index is 0.116. The Morgan fingerprint density at radius 2 is 1.95 bits per heavy atom. The largest absolute Gasteiger partial charge is 0.389 e. The standard InChI is InChI=1S/C13H18BrF2NO2/c1-13(2,3)19-7-8(18)6-17-12-4-9(14)10(15)5-11(12)16/h4-5,8,17-18H,6-7H2,1-3H3. The third-order valence-electron chi connectivity index (χ3n) is 2.25. The molecule has 0 aliphatic carbocycles. The molecule has 0 aliphatic heterocycles. The van der Waals surface area contributed by atoms with Crippen molar-refractivity contribution < 1.29 is 18.6 Å². The van der Waals surface area contributed by atoms with Crippen molar-refractivity contribution in [2.24, 2.45) is 0 Å². The molecule has 0 saturated heterocycles. The fourth-order valence-corrected chi connectivity index (χ4v) is 1.63. The smallest absolute Gasteiger partial charge is 0.149 e. The predicted molar refractivity (Wildman–Crippen MR) is 74.3 cm³/mol. The Kier molecular flexibility index (Phi) is 5.70. The Balaban J connectivity index is 2.51. The molecule has 0 amide bonds. The van der Waals surface area contributed by atoms with Gasteiger partial charge in [-0.25, -0.2) is 8.78 Å². The zero-order valence-corrected chi connectivity index (χ0v) is 12.7. The lowest BCUT2D eigenvalue weighted by molar-refractivity contribution is -0.0449. The van der Waals surface area contributed by atoms with Gasteiger partial charge in [-0.05, 0) is 42.8 Å². The normalized spacial score (nSPS) is 13.4. The molecule has 0 bridgehead atoms. The van der Waals surface area contributed by atoms with Gasteiger partial charge < -0.3 is 15.2 Å². The second-order valence-corrected chi connectivity index (χ2v) is 6.06. The lowest BCUT2D eigenvalue weighted by Crippen LogP contribution is -2.30. The molecule has 2 N–H and O–H groups in total. The van der Waals surface area contributed by atoms with Crippen molar-refractivity contribution in [1.29, 1.82) is 0 Å². The monoisotopic (exact) mass is 337 g/mol. The SMILES string of the molecule is CC(C)(C)OCC(O)CNc1cc(Br)c(F)cc1F. The number of nitrogens with one attached hydrogen (secondary N) is 1. The number of ether oxygens (including phenoxy) is 1. The molecule has 0 aliphatic rings. The summed E-state index contributed by atoms with van der Waals surface area (Å²) in [4.78, 5) is 0. The van der Waals surface area contributed by atoms with Crippen molar-refractivity contribution >= 4 is 21.6 Å². The molecule has 3 nitrogen and oxygen atoms in total. The molecule has 1 unspecified atom stereocenters. The van der Waals surface area contributed by atoms with Crippen LogP contribution in [0.25, 0.3) is 0 Å². The average Bonchev–Trinajstić information content (AvgIpc) is 2.28. The van der Waals surface area contributed by atoms with Gasteiger partial charge in [-0.3, -0.25) is 0 Å². The van der Waals surface area contributed by atoms with Gasteiger partial charge in [0.15, 0.2) is 0 Å². The minimum Gasteiger partial charge on any atom is -0.389 e. The Morgan fingerprint density at radius 3 is 2.53 bits per heavy atom. The second kappa shape index (κ2) is 6.63. The molecule has 0 fully saturated rings. The summed E-state index contributed by atoms with van der Waals surface area (Å²) in [6, 6.07) is 2.08. The molecule has 0 aromatic heterocycles. The number of hydrogen-bond donors (Lipinski definition) is 2. The third-order valence-corrected chi connectivity index (χ3v) is 2.85. The van der Waals surface area contributed by atoms with Crippen LogP contribution in [0.5, 0.6) is 0 Å². The van der Waals surface area contributed by atoms with E-state index in [9.17, 15) is 13.9 Å². The summed E-state index contributed by atoms with van der Waals surface area (Å²) in [5.41, 5.74) is -0.214. The van der Waals surface area contributed by atoms with Crippen molar-refractivity contribution in [3.05, 3.63) is 28.2 Å². The van der Waals surface area contributed by atoms with Crippen molar-refractivity contribution in [3.63, 3.8) is 0 Å². The van der Waals surface area contributed by atoms with E-state index in [4.69, 9.17) is 4.74 Å². The molecule has 19 heavy (non-hydrogen) atoms. The number of hydrogen-bond acceptors (Lipinski definition) is 3. The van der Waals surface area contributed by atoms with E-state index in [0.717, 1.165) is 6.07 Å². The lowest BCUT2D eigenvalue weighted by atomic mass is 10.2. The van der Waals surface area contributed by atoms with Gasteiger partial charge >= 0.3 is 0 Å². The third kappa shape index (κ3) is 5.84. The minimum atomic E-state index is -0.776. The van der Waals surface area contributed by atoms with Crippen LogP contribution < -0.4 is 5.32 Å². The summed E-state index contributed by atoms with van der Waals surface area (Å²) in [6.07, 6.45) is -0.776. The first-order valence-electron chi connectivity index (χ1n) is 5.89. The molecule has 0 saturated carbocycles. The highest BCUT2D eigenvalue weighted by molar-refractivity contribution is 9.10. The second-order valence-electron chi connectivity index (χ2n) is 5.20. The number of anilines is 1. The van der Waals surface area contributed by atoms with Crippen molar-refractivity contribution in [2.75, 3.05) is 18.5 Å². The molecule has 108 valence electrons. The van der Waals surface area contributed by atoms with Crippen LogP contribution in [0.3, 0.4) is 0 Å². The van der Waals surface area contributed by atoms with Crippen molar-refractivity contribution in [3.8, 4) is 0 Å². The maximum absolute atomic E-state index is 13.4.